The lowest BCUT2D eigenvalue weighted by molar-refractivity contribution is 0.0118. The topological polar surface area (TPSA) is 12.5 Å². The molecule has 158 valence electrons. The van der Waals surface area contributed by atoms with E-state index in [9.17, 15) is 0 Å². The Kier molecular flexibility index (Phi) is 4.46. The molecule has 1 aliphatic heterocycles. The molecule has 0 amide bonds. The van der Waals surface area contributed by atoms with E-state index in [-0.39, 0.29) is 11.2 Å². The molecule has 28 heavy (non-hydrogen) atoms. The second-order valence-corrected chi connectivity index (χ2v) is 12.3. The smallest absolute Gasteiger partial charge is 0.108 e. The van der Waals surface area contributed by atoms with Crippen LogP contribution in [0.3, 0.4) is 0 Å². The maximum atomic E-state index is 7.05. The average molecular weight is 385 g/mol. The Morgan fingerprint density at radius 3 is 2.64 bits per heavy atom. The lowest BCUT2D eigenvalue weighted by Gasteiger charge is -2.54. The summed E-state index contributed by atoms with van der Waals surface area (Å²) in [6.07, 6.45) is 19.3. The predicted molar refractivity (Wildman–Crippen MR) is 117 cm³/mol. The molecule has 0 N–H and O–H groups in total. The lowest BCUT2D eigenvalue weighted by atomic mass is 9.47. The van der Waals surface area contributed by atoms with Crippen LogP contribution >= 0.6 is 0 Å². The number of hydrogen-bond donors (Lipinski definition) is 0. The molecule has 0 spiro atoms. The molecular weight excluding hydrogens is 340 g/mol. The first-order valence-corrected chi connectivity index (χ1v) is 12.7. The fourth-order valence-electron chi connectivity index (χ4n) is 9.22. The first kappa shape index (κ1) is 19.7. The normalized spacial score (nSPS) is 50.3. The van der Waals surface area contributed by atoms with Crippen LogP contribution in [0.15, 0.2) is 11.6 Å². The molecule has 0 aromatic rings. The van der Waals surface area contributed by atoms with Crippen molar-refractivity contribution in [1.29, 1.82) is 0 Å². The molecule has 0 aromatic heterocycles. The van der Waals surface area contributed by atoms with Gasteiger partial charge in [-0.15, -0.1) is 0 Å². The molecule has 0 bridgehead atoms. The van der Waals surface area contributed by atoms with E-state index in [1.807, 2.05) is 0 Å². The summed E-state index contributed by atoms with van der Waals surface area (Å²) in [6.45, 7) is 12.6. The summed E-state index contributed by atoms with van der Waals surface area (Å²) in [6, 6.07) is 0. The summed E-state index contributed by atoms with van der Waals surface area (Å²) >= 11 is 0. The van der Waals surface area contributed by atoms with Gasteiger partial charge in [-0.2, -0.15) is 0 Å². The Labute approximate surface area is 174 Å². The van der Waals surface area contributed by atoms with Crippen molar-refractivity contribution >= 4 is 0 Å². The van der Waals surface area contributed by atoms with Crippen LogP contribution in [-0.4, -0.2) is 11.2 Å². The minimum atomic E-state index is 0.210. The average Bonchev–Trinajstić information content (AvgIpc) is 3.23. The first-order chi connectivity index (χ1) is 13.3. The molecule has 1 heteroatoms. The second kappa shape index (κ2) is 6.35. The van der Waals surface area contributed by atoms with Crippen LogP contribution in [0.2, 0.25) is 0 Å². The monoisotopic (exact) mass is 384 g/mol. The van der Waals surface area contributed by atoms with Crippen LogP contribution in [0.1, 0.15) is 112 Å². The highest BCUT2D eigenvalue weighted by Crippen LogP contribution is 2.80. The highest BCUT2D eigenvalue weighted by atomic mass is 16.6. The van der Waals surface area contributed by atoms with E-state index < -0.39 is 0 Å². The number of ether oxygens (including phenoxy) is 1. The summed E-state index contributed by atoms with van der Waals surface area (Å²) in [4.78, 5) is 0. The van der Waals surface area contributed by atoms with E-state index in [0.29, 0.717) is 10.8 Å². The van der Waals surface area contributed by atoms with Crippen LogP contribution in [0, 0.1) is 34.5 Å². The summed E-state index contributed by atoms with van der Waals surface area (Å²) in [5.74, 6) is 3.47. The van der Waals surface area contributed by atoms with E-state index in [1.165, 1.54) is 77.0 Å². The standard InChI is InChI=1S/C27H44O/c1-19(2)9-8-10-20(3)22-12-13-23-24(22,4)17-18-27-25(5)15-7-6-11-21(25)14-16-26(23,27)28-27/h14,19-20,22-23H,6-13,15-18H2,1-5H3/t20-,22-,23-,24-,25+,26+,27+/m1/s1. The Bertz CT molecular complexity index is 663. The molecule has 5 aliphatic rings. The summed E-state index contributed by atoms with van der Waals surface area (Å²) in [5.41, 5.74) is 3.07. The molecule has 1 saturated heterocycles. The maximum absolute atomic E-state index is 7.05. The Morgan fingerprint density at radius 1 is 1.04 bits per heavy atom. The van der Waals surface area contributed by atoms with Crippen molar-refractivity contribution in [3.8, 4) is 0 Å². The Hall–Kier alpha value is -0.300. The molecule has 5 rings (SSSR count). The Morgan fingerprint density at radius 2 is 1.86 bits per heavy atom. The number of fused-ring (bicyclic) bond motifs is 2. The second-order valence-electron chi connectivity index (χ2n) is 12.3. The van der Waals surface area contributed by atoms with Gasteiger partial charge in [-0.3, -0.25) is 0 Å². The van der Waals surface area contributed by atoms with Crippen LogP contribution in [-0.2, 0) is 4.74 Å². The summed E-state index contributed by atoms with van der Waals surface area (Å²) in [7, 11) is 0. The fraction of sp³-hybridized carbons (Fsp3) is 0.926. The van der Waals surface area contributed by atoms with Crippen LogP contribution in [0.25, 0.3) is 0 Å². The lowest BCUT2D eigenvalue weighted by Crippen LogP contribution is -2.56. The summed E-state index contributed by atoms with van der Waals surface area (Å²) in [5, 5.41) is 0. The van der Waals surface area contributed by atoms with E-state index in [4.69, 9.17) is 4.74 Å². The Balaban J connectivity index is 1.38. The van der Waals surface area contributed by atoms with Gasteiger partial charge in [0, 0.05) is 5.41 Å². The van der Waals surface area contributed by atoms with E-state index in [1.54, 1.807) is 5.57 Å². The van der Waals surface area contributed by atoms with Gasteiger partial charge in [0.25, 0.3) is 0 Å². The third-order valence-corrected chi connectivity index (χ3v) is 10.7. The zero-order valence-electron chi connectivity index (χ0n) is 19.3. The van der Waals surface area contributed by atoms with Crippen LogP contribution in [0.4, 0.5) is 0 Å². The van der Waals surface area contributed by atoms with Crippen molar-refractivity contribution in [2.24, 2.45) is 34.5 Å². The molecule has 7 atom stereocenters. The van der Waals surface area contributed by atoms with Crippen LogP contribution in [0.5, 0.6) is 0 Å². The third kappa shape index (κ3) is 2.35. The van der Waals surface area contributed by atoms with Crippen molar-refractivity contribution in [1.82, 2.24) is 0 Å². The maximum Gasteiger partial charge on any atom is 0.108 e. The zero-order chi connectivity index (χ0) is 19.8. The molecule has 4 fully saturated rings. The van der Waals surface area contributed by atoms with Gasteiger partial charge < -0.3 is 4.74 Å². The van der Waals surface area contributed by atoms with E-state index >= 15 is 0 Å². The van der Waals surface area contributed by atoms with Gasteiger partial charge in [0.05, 0.1) is 0 Å². The minimum absolute atomic E-state index is 0.210. The first-order valence-electron chi connectivity index (χ1n) is 12.7. The van der Waals surface area contributed by atoms with Gasteiger partial charge >= 0.3 is 0 Å². The quantitative estimate of drug-likeness (QED) is 0.349. The fourth-order valence-corrected chi connectivity index (χ4v) is 9.22. The highest BCUT2D eigenvalue weighted by Gasteiger charge is 2.84. The molecule has 3 saturated carbocycles. The van der Waals surface area contributed by atoms with Crippen molar-refractivity contribution in [2.45, 2.75) is 123 Å². The molecule has 0 unspecified atom stereocenters. The van der Waals surface area contributed by atoms with Gasteiger partial charge in [0.15, 0.2) is 0 Å². The largest absolute Gasteiger partial charge is 0.361 e. The van der Waals surface area contributed by atoms with Gasteiger partial charge in [-0.05, 0) is 80.5 Å². The van der Waals surface area contributed by atoms with E-state index in [0.717, 1.165) is 23.7 Å². The van der Waals surface area contributed by atoms with Crippen LogP contribution < -0.4 is 0 Å². The van der Waals surface area contributed by atoms with Gasteiger partial charge in [0.1, 0.15) is 11.2 Å². The number of rotatable bonds is 5. The van der Waals surface area contributed by atoms with Crippen molar-refractivity contribution in [2.75, 3.05) is 0 Å². The molecule has 0 radical (unpaired) electrons. The van der Waals surface area contributed by atoms with Gasteiger partial charge in [-0.25, -0.2) is 0 Å². The van der Waals surface area contributed by atoms with Crippen molar-refractivity contribution < 1.29 is 4.74 Å². The molecular formula is C27H44O. The predicted octanol–water partition coefficient (Wildman–Crippen LogP) is 7.69. The number of hydrogen-bond acceptors (Lipinski definition) is 1. The van der Waals surface area contributed by atoms with Crippen molar-refractivity contribution in [3.63, 3.8) is 0 Å². The highest BCUT2D eigenvalue weighted by molar-refractivity contribution is 5.42. The molecule has 1 nitrogen and oxygen atoms in total. The van der Waals surface area contributed by atoms with Gasteiger partial charge in [0.2, 0.25) is 0 Å². The summed E-state index contributed by atoms with van der Waals surface area (Å²) < 4.78 is 7.05. The molecule has 0 aromatic carbocycles. The molecule has 4 aliphatic carbocycles. The SMILES string of the molecule is CC(C)CCC[C@@H](C)[C@H]1CC[C@@H]2[C@]1(C)CC[C@@]13O[C@@]21CC=C1CCCC[C@@]13C. The molecule has 1 heterocycles. The van der Waals surface area contributed by atoms with Crippen molar-refractivity contribution in [3.05, 3.63) is 11.6 Å². The number of epoxide rings is 1. The zero-order valence-corrected chi connectivity index (χ0v) is 19.3. The van der Waals surface area contributed by atoms with Gasteiger partial charge in [-0.1, -0.05) is 72.0 Å². The van der Waals surface area contributed by atoms with E-state index in [2.05, 4.69) is 40.7 Å². The minimum Gasteiger partial charge on any atom is -0.361 e. The third-order valence-electron chi connectivity index (χ3n) is 10.7.